The SMILES string of the molecule is CCCCc1cccc2c1C(=O)C(C)(C(C)(O)CC)C2=O. The number of carbonyl (C=O) groups is 2. The van der Waals surface area contributed by atoms with Crippen LogP contribution in [0.5, 0.6) is 0 Å². The smallest absolute Gasteiger partial charge is 0.180 e. The Balaban J connectivity index is 2.57. The third-order valence-electron chi connectivity index (χ3n) is 5.10. The average molecular weight is 288 g/mol. The summed E-state index contributed by atoms with van der Waals surface area (Å²) in [4.78, 5) is 25.7. The zero-order chi connectivity index (χ0) is 15.8. The fourth-order valence-electron chi connectivity index (χ4n) is 3.10. The van der Waals surface area contributed by atoms with Gasteiger partial charge in [0.1, 0.15) is 5.41 Å². The molecule has 1 aromatic carbocycles. The van der Waals surface area contributed by atoms with E-state index in [4.69, 9.17) is 0 Å². The molecule has 3 nitrogen and oxygen atoms in total. The van der Waals surface area contributed by atoms with Crippen LogP contribution in [0.15, 0.2) is 18.2 Å². The minimum Gasteiger partial charge on any atom is -0.389 e. The number of ketones is 2. The molecule has 0 aromatic heterocycles. The summed E-state index contributed by atoms with van der Waals surface area (Å²) < 4.78 is 0. The number of fused-ring (bicyclic) bond motifs is 1. The van der Waals surface area contributed by atoms with Gasteiger partial charge in [-0.25, -0.2) is 0 Å². The maximum Gasteiger partial charge on any atom is 0.180 e. The minimum absolute atomic E-state index is 0.221. The number of rotatable bonds is 5. The van der Waals surface area contributed by atoms with E-state index in [-0.39, 0.29) is 11.6 Å². The zero-order valence-electron chi connectivity index (χ0n) is 13.3. The summed E-state index contributed by atoms with van der Waals surface area (Å²) in [5, 5.41) is 10.6. The van der Waals surface area contributed by atoms with Gasteiger partial charge in [-0.2, -0.15) is 0 Å². The Labute approximate surface area is 126 Å². The van der Waals surface area contributed by atoms with Gasteiger partial charge < -0.3 is 5.11 Å². The van der Waals surface area contributed by atoms with Gasteiger partial charge in [-0.15, -0.1) is 0 Å². The maximum absolute atomic E-state index is 12.9. The number of benzene rings is 1. The predicted molar refractivity (Wildman–Crippen MR) is 82.7 cm³/mol. The molecule has 0 saturated carbocycles. The van der Waals surface area contributed by atoms with Crippen molar-refractivity contribution < 1.29 is 14.7 Å². The van der Waals surface area contributed by atoms with E-state index < -0.39 is 11.0 Å². The average Bonchev–Trinajstić information content (AvgIpc) is 2.68. The number of aliphatic hydroxyl groups is 1. The molecular weight excluding hydrogens is 264 g/mol. The van der Waals surface area contributed by atoms with Crippen LogP contribution >= 0.6 is 0 Å². The fraction of sp³-hybridized carbons (Fsp3) is 0.556. The van der Waals surface area contributed by atoms with Crippen LogP contribution in [0.4, 0.5) is 0 Å². The fourth-order valence-corrected chi connectivity index (χ4v) is 3.10. The third kappa shape index (κ3) is 2.15. The Bertz CT molecular complexity index is 586. The van der Waals surface area contributed by atoms with Crippen LogP contribution in [0.3, 0.4) is 0 Å². The van der Waals surface area contributed by atoms with Gasteiger partial charge >= 0.3 is 0 Å². The summed E-state index contributed by atoms with van der Waals surface area (Å²) >= 11 is 0. The molecule has 0 bridgehead atoms. The Hall–Kier alpha value is -1.48. The van der Waals surface area contributed by atoms with Gasteiger partial charge in [-0.1, -0.05) is 38.5 Å². The summed E-state index contributed by atoms with van der Waals surface area (Å²) in [6.07, 6.45) is 3.18. The van der Waals surface area contributed by atoms with Crippen LogP contribution in [-0.4, -0.2) is 22.3 Å². The molecule has 1 aliphatic rings. The van der Waals surface area contributed by atoms with Gasteiger partial charge in [0.05, 0.1) is 5.60 Å². The Morgan fingerprint density at radius 3 is 2.43 bits per heavy atom. The Morgan fingerprint density at radius 1 is 1.19 bits per heavy atom. The molecule has 0 heterocycles. The van der Waals surface area contributed by atoms with Crippen molar-refractivity contribution in [1.82, 2.24) is 0 Å². The summed E-state index contributed by atoms with van der Waals surface area (Å²) in [6, 6.07) is 5.47. The highest BCUT2D eigenvalue weighted by atomic mass is 16.3. The van der Waals surface area contributed by atoms with E-state index in [9.17, 15) is 14.7 Å². The van der Waals surface area contributed by atoms with Crippen LogP contribution < -0.4 is 0 Å². The van der Waals surface area contributed by atoms with Crippen molar-refractivity contribution in [2.45, 2.75) is 59.0 Å². The zero-order valence-corrected chi connectivity index (χ0v) is 13.3. The second-order valence-corrected chi connectivity index (χ2v) is 6.35. The number of carbonyl (C=O) groups excluding carboxylic acids is 2. The molecular formula is C18H24O3. The predicted octanol–water partition coefficient (Wildman–Crippen LogP) is 3.58. The van der Waals surface area contributed by atoms with Crippen LogP contribution in [0.2, 0.25) is 0 Å². The molecule has 0 fully saturated rings. The molecule has 21 heavy (non-hydrogen) atoms. The first kappa shape index (κ1) is 15.9. The molecule has 2 atom stereocenters. The van der Waals surface area contributed by atoms with Crippen LogP contribution in [0, 0.1) is 5.41 Å². The minimum atomic E-state index is -1.37. The molecule has 114 valence electrons. The molecule has 2 unspecified atom stereocenters. The molecule has 0 amide bonds. The molecule has 1 N–H and O–H groups in total. The van der Waals surface area contributed by atoms with Crippen molar-refractivity contribution in [2.24, 2.45) is 5.41 Å². The molecule has 3 heteroatoms. The maximum atomic E-state index is 12.9. The summed E-state index contributed by atoms with van der Waals surface area (Å²) in [5.41, 5.74) is -0.755. The van der Waals surface area contributed by atoms with Crippen molar-refractivity contribution >= 4 is 11.6 Å². The standard InChI is InChI=1S/C18H24O3/c1-5-7-9-12-10-8-11-13-14(12)16(20)18(4,15(13)19)17(3,21)6-2/h8,10-11,21H,5-7,9H2,1-4H3. The molecule has 0 saturated heterocycles. The highest BCUT2D eigenvalue weighted by Gasteiger charge is 2.59. The summed E-state index contributed by atoms with van der Waals surface area (Å²) in [6.45, 7) is 7.07. The lowest BCUT2D eigenvalue weighted by Gasteiger charge is -2.36. The Morgan fingerprint density at radius 2 is 1.86 bits per heavy atom. The van der Waals surface area contributed by atoms with Crippen molar-refractivity contribution in [3.05, 3.63) is 34.9 Å². The molecule has 1 aromatic rings. The van der Waals surface area contributed by atoms with Crippen molar-refractivity contribution in [3.63, 3.8) is 0 Å². The summed E-state index contributed by atoms with van der Waals surface area (Å²) in [7, 11) is 0. The lowest BCUT2D eigenvalue weighted by atomic mass is 9.69. The number of Topliss-reactive ketones (excluding diaryl/α,β-unsaturated/α-hetero) is 2. The van der Waals surface area contributed by atoms with E-state index >= 15 is 0 Å². The number of hydrogen-bond donors (Lipinski definition) is 1. The first-order valence-electron chi connectivity index (χ1n) is 7.75. The van der Waals surface area contributed by atoms with Crippen molar-refractivity contribution in [2.75, 3.05) is 0 Å². The highest BCUT2D eigenvalue weighted by molar-refractivity contribution is 6.30. The van der Waals surface area contributed by atoms with Crippen LogP contribution in [0.1, 0.15) is 73.2 Å². The van der Waals surface area contributed by atoms with Crippen molar-refractivity contribution in [1.29, 1.82) is 0 Å². The van der Waals surface area contributed by atoms with Gasteiger partial charge in [0, 0.05) is 11.1 Å². The third-order valence-corrected chi connectivity index (χ3v) is 5.10. The highest BCUT2D eigenvalue weighted by Crippen LogP contribution is 2.46. The van der Waals surface area contributed by atoms with Gasteiger partial charge in [0.25, 0.3) is 0 Å². The topological polar surface area (TPSA) is 54.4 Å². The van der Waals surface area contributed by atoms with Gasteiger partial charge in [0.15, 0.2) is 11.6 Å². The quantitative estimate of drug-likeness (QED) is 0.843. The van der Waals surface area contributed by atoms with E-state index in [1.165, 1.54) is 0 Å². The van der Waals surface area contributed by atoms with E-state index in [1.807, 2.05) is 12.1 Å². The van der Waals surface area contributed by atoms with E-state index in [0.717, 1.165) is 24.8 Å². The Kier molecular flexibility index (Phi) is 4.07. The largest absolute Gasteiger partial charge is 0.389 e. The molecule has 1 aliphatic carbocycles. The van der Waals surface area contributed by atoms with E-state index in [1.54, 1.807) is 26.8 Å². The normalized spacial score (nSPS) is 24.0. The lowest BCUT2D eigenvalue weighted by Crippen LogP contribution is -2.51. The monoisotopic (exact) mass is 288 g/mol. The second-order valence-electron chi connectivity index (χ2n) is 6.35. The van der Waals surface area contributed by atoms with Gasteiger partial charge in [0.2, 0.25) is 0 Å². The molecule has 0 spiro atoms. The lowest BCUT2D eigenvalue weighted by molar-refractivity contribution is -0.0304. The molecule has 2 rings (SSSR count). The van der Waals surface area contributed by atoms with Gasteiger partial charge in [-0.3, -0.25) is 9.59 Å². The molecule has 0 aliphatic heterocycles. The number of hydrogen-bond acceptors (Lipinski definition) is 3. The summed E-state index contributed by atoms with van der Waals surface area (Å²) in [5.74, 6) is -0.464. The van der Waals surface area contributed by atoms with E-state index in [0.29, 0.717) is 17.5 Å². The first-order valence-corrected chi connectivity index (χ1v) is 7.75. The van der Waals surface area contributed by atoms with Crippen molar-refractivity contribution in [3.8, 4) is 0 Å². The van der Waals surface area contributed by atoms with Gasteiger partial charge in [-0.05, 0) is 38.7 Å². The number of unbranched alkanes of at least 4 members (excludes halogenated alkanes) is 1. The first-order chi connectivity index (χ1) is 9.81. The van der Waals surface area contributed by atoms with E-state index in [2.05, 4.69) is 6.92 Å². The number of aryl methyl sites for hydroxylation is 1. The van der Waals surface area contributed by atoms with Crippen LogP contribution in [0.25, 0.3) is 0 Å². The van der Waals surface area contributed by atoms with Crippen LogP contribution in [-0.2, 0) is 6.42 Å². The molecule has 0 radical (unpaired) electrons. The second kappa shape index (κ2) is 5.38.